The zero-order valence-corrected chi connectivity index (χ0v) is 21.2. The summed E-state index contributed by atoms with van der Waals surface area (Å²) in [6.45, 7) is 4.56. The Hall–Kier alpha value is -3.24. The first-order valence-corrected chi connectivity index (χ1v) is 12.6. The van der Waals surface area contributed by atoms with Crippen molar-refractivity contribution in [3.05, 3.63) is 64.9 Å². The van der Waals surface area contributed by atoms with Gasteiger partial charge < -0.3 is 20.1 Å². The molecule has 4 aromatic rings. The molecule has 0 aliphatic carbocycles. The Bertz CT molecular complexity index is 1240. The summed E-state index contributed by atoms with van der Waals surface area (Å²) in [7, 11) is 3.27. The minimum atomic E-state index is 0.239. The lowest BCUT2D eigenvalue weighted by molar-refractivity contribution is 0.291. The van der Waals surface area contributed by atoms with E-state index >= 15 is 0 Å². The van der Waals surface area contributed by atoms with E-state index in [-0.39, 0.29) is 6.61 Å². The van der Waals surface area contributed by atoms with Crippen LogP contribution in [0.25, 0.3) is 10.6 Å². The van der Waals surface area contributed by atoms with Crippen LogP contribution >= 0.6 is 23.1 Å². The number of thioether (sulfide) groups is 1. The van der Waals surface area contributed by atoms with Crippen molar-refractivity contribution in [1.82, 2.24) is 19.9 Å². The Morgan fingerprint density at radius 2 is 1.79 bits per heavy atom. The fraction of sp³-hybridized carbons (Fsp3) is 0.292. The molecule has 0 aliphatic rings. The predicted octanol–water partition coefficient (Wildman–Crippen LogP) is 5.13. The molecule has 178 valence electrons. The first-order valence-electron chi connectivity index (χ1n) is 10.7. The minimum absolute atomic E-state index is 0.239. The molecule has 0 unspecified atom stereocenters. The van der Waals surface area contributed by atoms with Gasteiger partial charge in [0.2, 0.25) is 5.16 Å². The highest BCUT2D eigenvalue weighted by atomic mass is 32.2. The molecular weight excluding hydrogens is 470 g/mol. The van der Waals surface area contributed by atoms with Crippen LogP contribution in [0.2, 0.25) is 0 Å². The maximum Gasteiger partial charge on any atom is 0.210 e. The van der Waals surface area contributed by atoms with Crippen LogP contribution in [0.3, 0.4) is 0 Å². The van der Waals surface area contributed by atoms with Gasteiger partial charge in [-0.05, 0) is 35.7 Å². The van der Waals surface area contributed by atoms with E-state index in [1.165, 1.54) is 22.0 Å². The third-order valence-electron chi connectivity index (χ3n) is 5.19. The van der Waals surface area contributed by atoms with Gasteiger partial charge in [-0.2, -0.15) is 0 Å². The largest absolute Gasteiger partial charge is 0.497 e. The summed E-state index contributed by atoms with van der Waals surface area (Å²) in [4.78, 5) is 4.75. The highest BCUT2D eigenvalue weighted by Crippen LogP contribution is 2.35. The van der Waals surface area contributed by atoms with Gasteiger partial charge in [-0.1, -0.05) is 37.7 Å². The zero-order chi connectivity index (χ0) is 24.1. The van der Waals surface area contributed by atoms with Gasteiger partial charge >= 0.3 is 0 Å². The molecule has 0 fully saturated rings. The van der Waals surface area contributed by atoms with Crippen molar-refractivity contribution in [2.24, 2.45) is 0 Å². The van der Waals surface area contributed by atoms with Gasteiger partial charge in [-0.25, -0.2) is 9.66 Å². The first-order chi connectivity index (χ1) is 16.5. The number of ether oxygens (including phenoxy) is 3. The molecule has 0 saturated heterocycles. The van der Waals surface area contributed by atoms with E-state index in [0.29, 0.717) is 22.7 Å². The summed E-state index contributed by atoms with van der Waals surface area (Å²) in [5.74, 6) is 10.1. The van der Waals surface area contributed by atoms with E-state index in [0.717, 1.165) is 33.5 Å². The van der Waals surface area contributed by atoms with Crippen molar-refractivity contribution in [3.8, 4) is 27.8 Å². The number of thiazole rings is 1. The number of nitrogens with two attached hydrogens (primary N) is 1. The Morgan fingerprint density at radius 3 is 2.50 bits per heavy atom. The van der Waals surface area contributed by atoms with E-state index < -0.39 is 0 Å². The molecule has 0 aliphatic heterocycles. The Balaban J connectivity index is 1.36. The van der Waals surface area contributed by atoms with Crippen LogP contribution in [-0.4, -0.2) is 34.1 Å². The van der Waals surface area contributed by atoms with Crippen LogP contribution in [0.4, 0.5) is 0 Å². The molecule has 8 nitrogen and oxygen atoms in total. The molecule has 10 heteroatoms. The van der Waals surface area contributed by atoms with Crippen molar-refractivity contribution in [2.75, 3.05) is 20.1 Å². The topological polar surface area (TPSA) is 97.3 Å². The van der Waals surface area contributed by atoms with Gasteiger partial charge in [0.25, 0.3) is 0 Å². The van der Waals surface area contributed by atoms with Gasteiger partial charge in [-0.15, -0.1) is 21.5 Å². The fourth-order valence-electron chi connectivity index (χ4n) is 3.21. The summed E-state index contributed by atoms with van der Waals surface area (Å²) in [6.07, 6.45) is 0. The lowest BCUT2D eigenvalue weighted by Gasteiger charge is -2.09. The summed E-state index contributed by atoms with van der Waals surface area (Å²) < 4.78 is 18.1. The van der Waals surface area contributed by atoms with Crippen LogP contribution in [0.15, 0.2) is 53.0 Å². The molecule has 0 atom stereocenters. The SMILES string of the molecule is COc1ccc(-c2nc(CSc3nnc(COc4ccc(C(C)C)cc4)n3N)cs2)c(OC)c1. The van der Waals surface area contributed by atoms with Crippen LogP contribution in [-0.2, 0) is 12.4 Å². The van der Waals surface area contributed by atoms with Crippen LogP contribution in [0.5, 0.6) is 17.2 Å². The second kappa shape index (κ2) is 10.8. The van der Waals surface area contributed by atoms with Crippen molar-refractivity contribution >= 4 is 23.1 Å². The van der Waals surface area contributed by atoms with Crippen molar-refractivity contribution in [1.29, 1.82) is 0 Å². The monoisotopic (exact) mass is 497 g/mol. The van der Waals surface area contributed by atoms with Gasteiger partial charge in [0.1, 0.15) is 28.9 Å². The molecule has 0 amide bonds. The predicted molar refractivity (Wildman–Crippen MR) is 135 cm³/mol. The summed E-state index contributed by atoms with van der Waals surface area (Å²) in [5, 5.41) is 11.9. The molecular formula is C24H27N5O3S2. The smallest absolute Gasteiger partial charge is 0.210 e. The lowest BCUT2D eigenvalue weighted by atomic mass is 10.0. The summed E-state index contributed by atoms with van der Waals surface area (Å²) in [6, 6.07) is 13.7. The molecule has 4 rings (SSSR count). The molecule has 2 aromatic heterocycles. The third-order valence-corrected chi connectivity index (χ3v) is 7.09. The number of nitrogens with zero attached hydrogens (tertiary/aromatic N) is 4. The van der Waals surface area contributed by atoms with Crippen molar-refractivity contribution in [3.63, 3.8) is 0 Å². The maximum atomic E-state index is 6.20. The van der Waals surface area contributed by atoms with E-state index in [1.54, 1.807) is 25.6 Å². The van der Waals surface area contributed by atoms with E-state index in [9.17, 15) is 0 Å². The molecule has 0 bridgehead atoms. The summed E-state index contributed by atoms with van der Waals surface area (Å²) >= 11 is 3.03. The standard InChI is InChI=1S/C24H27N5O3S2/c1-15(2)16-5-7-18(8-6-16)32-12-22-27-28-24(29(22)25)34-14-17-13-33-23(26-17)20-10-9-19(30-3)11-21(20)31-4/h5-11,13,15H,12,14,25H2,1-4H3. The number of benzene rings is 2. The van der Waals surface area contributed by atoms with E-state index in [2.05, 4.69) is 36.2 Å². The number of hydrogen-bond donors (Lipinski definition) is 1. The normalized spacial score (nSPS) is 11.1. The third kappa shape index (κ3) is 5.45. The van der Waals surface area contributed by atoms with Gasteiger partial charge in [-0.3, -0.25) is 0 Å². The molecule has 0 spiro atoms. The fourth-order valence-corrected chi connectivity index (χ4v) is 4.93. The molecule has 2 heterocycles. The Labute approximate surface area is 207 Å². The second-order valence-corrected chi connectivity index (χ2v) is 9.58. The minimum Gasteiger partial charge on any atom is -0.497 e. The van der Waals surface area contributed by atoms with Crippen LogP contribution in [0, 0.1) is 0 Å². The van der Waals surface area contributed by atoms with Crippen LogP contribution < -0.4 is 20.1 Å². The number of hydrogen-bond acceptors (Lipinski definition) is 9. The number of methoxy groups -OCH3 is 2. The molecule has 2 N–H and O–H groups in total. The van der Waals surface area contributed by atoms with E-state index in [4.69, 9.17) is 25.0 Å². The number of nitrogen functional groups attached to an aromatic ring is 1. The molecule has 34 heavy (non-hydrogen) atoms. The average molecular weight is 498 g/mol. The molecule has 0 radical (unpaired) electrons. The lowest BCUT2D eigenvalue weighted by Crippen LogP contribution is -2.15. The van der Waals surface area contributed by atoms with Gasteiger partial charge in [0.15, 0.2) is 5.82 Å². The van der Waals surface area contributed by atoms with Crippen LogP contribution in [0.1, 0.15) is 36.8 Å². The zero-order valence-electron chi connectivity index (χ0n) is 19.5. The average Bonchev–Trinajstić information content (AvgIpc) is 3.47. The first kappa shape index (κ1) is 23.9. The summed E-state index contributed by atoms with van der Waals surface area (Å²) in [5.41, 5.74) is 3.12. The number of aromatic nitrogens is 4. The highest BCUT2D eigenvalue weighted by molar-refractivity contribution is 7.98. The second-order valence-electron chi connectivity index (χ2n) is 7.78. The number of rotatable bonds is 10. The van der Waals surface area contributed by atoms with Crippen molar-refractivity contribution in [2.45, 2.75) is 37.3 Å². The Kier molecular flexibility index (Phi) is 7.59. The Morgan fingerprint density at radius 1 is 1.03 bits per heavy atom. The highest BCUT2D eigenvalue weighted by Gasteiger charge is 2.15. The van der Waals surface area contributed by atoms with Crippen molar-refractivity contribution < 1.29 is 14.2 Å². The maximum absolute atomic E-state index is 6.20. The van der Waals surface area contributed by atoms with E-state index in [1.807, 2.05) is 35.7 Å². The van der Waals surface area contributed by atoms with Gasteiger partial charge in [0.05, 0.1) is 25.5 Å². The quantitative estimate of drug-likeness (QED) is 0.238. The molecule has 2 aromatic carbocycles. The molecule has 0 saturated carbocycles. The van der Waals surface area contributed by atoms with Gasteiger partial charge in [0, 0.05) is 17.2 Å².